The Balaban J connectivity index is 1.35. The van der Waals surface area contributed by atoms with Gasteiger partial charge < -0.3 is 15.1 Å². The molecule has 2 aromatic rings. The monoisotopic (exact) mass is 387 g/mol. The topological polar surface area (TPSA) is 61.4 Å². The first-order chi connectivity index (χ1) is 13.6. The molecular weight excluding hydrogens is 364 g/mol. The summed E-state index contributed by atoms with van der Waals surface area (Å²) in [5, 5.41) is 2.62. The van der Waals surface area contributed by atoms with Gasteiger partial charge in [0, 0.05) is 49.9 Å². The Morgan fingerprint density at radius 1 is 0.893 bits per heavy atom. The molecule has 2 aliphatic heterocycles. The van der Waals surface area contributed by atoms with Gasteiger partial charge in [0.2, 0.25) is 5.91 Å². The Morgan fingerprint density at radius 3 is 2.07 bits per heavy atom. The van der Waals surface area contributed by atoms with Gasteiger partial charge in [-0.05, 0) is 37.8 Å². The number of carbonyl (C=O) groups is 1. The molecule has 6 nitrogen and oxygen atoms in total. The highest BCUT2D eigenvalue weighted by Gasteiger charge is 2.26. The van der Waals surface area contributed by atoms with Crippen molar-refractivity contribution >= 4 is 23.2 Å². The van der Waals surface area contributed by atoms with Crippen LogP contribution in [0.25, 0.3) is 0 Å². The fourth-order valence-corrected chi connectivity index (χ4v) is 3.87. The SMILES string of the molecule is O=C(Nc1cc(F)cc(F)c1)C1CCN(c2cc(N3CCCC3)ncn2)CC1. The number of nitrogens with zero attached hydrogens (tertiary/aromatic N) is 4. The molecule has 1 aromatic heterocycles. The zero-order valence-corrected chi connectivity index (χ0v) is 15.6. The summed E-state index contributed by atoms with van der Waals surface area (Å²) in [6.45, 7) is 3.46. The van der Waals surface area contributed by atoms with Crippen molar-refractivity contribution < 1.29 is 13.6 Å². The molecule has 0 aliphatic carbocycles. The summed E-state index contributed by atoms with van der Waals surface area (Å²) in [5.41, 5.74) is 0.149. The van der Waals surface area contributed by atoms with E-state index in [2.05, 4.69) is 25.1 Å². The molecule has 0 atom stereocenters. The molecule has 4 rings (SSSR count). The smallest absolute Gasteiger partial charge is 0.227 e. The molecular formula is C20H23F2N5O. The van der Waals surface area contributed by atoms with E-state index in [4.69, 9.17) is 0 Å². The molecule has 2 saturated heterocycles. The Morgan fingerprint density at radius 2 is 1.46 bits per heavy atom. The Labute approximate surface area is 162 Å². The normalized spacial score (nSPS) is 17.8. The molecule has 28 heavy (non-hydrogen) atoms. The molecule has 0 unspecified atom stereocenters. The first-order valence-electron chi connectivity index (χ1n) is 9.67. The van der Waals surface area contributed by atoms with Crippen LogP contribution in [0, 0.1) is 17.6 Å². The molecule has 1 amide bonds. The maximum absolute atomic E-state index is 13.3. The number of hydrogen-bond donors (Lipinski definition) is 1. The summed E-state index contributed by atoms with van der Waals surface area (Å²) in [6.07, 6.45) is 5.30. The third-order valence-corrected chi connectivity index (χ3v) is 5.39. The lowest BCUT2D eigenvalue weighted by Crippen LogP contribution is -2.38. The van der Waals surface area contributed by atoms with E-state index in [9.17, 15) is 13.6 Å². The van der Waals surface area contributed by atoms with E-state index in [1.54, 1.807) is 6.33 Å². The number of carbonyl (C=O) groups excluding carboxylic acids is 1. The standard InChI is InChI=1S/C20H23F2N5O/c21-15-9-16(22)11-17(10-15)25-20(28)14-3-7-27(8-4-14)19-12-18(23-13-24-19)26-5-1-2-6-26/h9-14H,1-8H2,(H,25,28). The highest BCUT2D eigenvalue weighted by Crippen LogP contribution is 2.26. The summed E-state index contributed by atoms with van der Waals surface area (Å²) in [4.78, 5) is 25.7. The van der Waals surface area contributed by atoms with Crippen LogP contribution in [0.15, 0.2) is 30.6 Å². The van der Waals surface area contributed by atoms with Crippen LogP contribution >= 0.6 is 0 Å². The molecule has 0 bridgehead atoms. The van der Waals surface area contributed by atoms with Crippen LogP contribution in [-0.2, 0) is 4.79 Å². The van der Waals surface area contributed by atoms with Crippen LogP contribution in [0.4, 0.5) is 26.1 Å². The summed E-state index contributed by atoms with van der Waals surface area (Å²) in [5.74, 6) is 0.0244. The Kier molecular flexibility index (Phi) is 5.36. The molecule has 0 spiro atoms. The van der Waals surface area contributed by atoms with Crippen molar-refractivity contribution in [3.8, 4) is 0 Å². The van der Waals surface area contributed by atoms with E-state index >= 15 is 0 Å². The van der Waals surface area contributed by atoms with Gasteiger partial charge in [0.05, 0.1) is 0 Å². The van der Waals surface area contributed by atoms with Crippen molar-refractivity contribution in [1.29, 1.82) is 0 Å². The second-order valence-corrected chi connectivity index (χ2v) is 7.34. The predicted molar refractivity (Wildman–Crippen MR) is 103 cm³/mol. The van der Waals surface area contributed by atoms with Gasteiger partial charge in [0.1, 0.15) is 29.6 Å². The number of rotatable bonds is 4. The molecule has 148 valence electrons. The Hall–Kier alpha value is -2.77. The number of nitrogens with one attached hydrogen (secondary N) is 1. The van der Waals surface area contributed by atoms with E-state index in [0.29, 0.717) is 25.9 Å². The fraction of sp³-hybridized carbons (Fsp3) is 0.450. The Bertz CT molecular complexity index is 828. The van der Waals surface area contributed by atoms with Crippen LogP contribution in [0.3, 0.4) is 0 Å². The number of halogens is 2. The minimum absolute atomic E-state index is 0.149. The summed E-state index contributed by atoms with van der Waals surface area (Å²) in [6, 6.07) is 5.04. The lowest BCUT2D eigenvalue weighted by Gasteiger charge is -2.32. The van der Waals surface area contributed by atoms with Crippen molar-refractivity contribution in [2.75, 3.05) is 41.3 Å². The van der Waals surface area contributed by atoms with Gasteiger partial charge in [-0.3, -0.25) is 4.79 Å². The molecule has 0 saturated carbocycles. The van der Waals surface area contributed by atoms with Gasteiger partial charge in [0.25, 0.3) is 0 Å². The number of piperidine rings is 1. The van der Waals surface area contributed by atoms with Crippen LogP contribution in [0.5, 0.6) is 0 Å². The van der Waals surface area contributed by atoms with Gasteiger partial charge in [0.15, 0.2) is 0 Å². The van der Waals surface area contributed by atoms with Gasteiger partial charge >= 0.3 is 0 Å². The number of aromatic nitrogens is 2. The number of anilines is 3. The van der Waals surface area contributed by atoms with Crippen molar-refractivity contribution in [1.82, 2.24) is 9.97 Å². The average molecular weight is 387 g/mol. The zero-order chi connectivity index (χ0) is 19.5. The molecule has 1 N–H and O–H groups in total. The van der Waals surface area contributed by atoms with Gasteiger partial charge in [-0.2, -0.15) is 0 Å². The van der Waals surface area contributed by atoms with Crippen molar-refractivity contribution in [2.45, 2.75) is 25.7 Å². The summed E-state index contributed by atoms with van der Waals surface area (Å²) in [7, 11) is 0. The van der Waals surface area contributed by atoms with Crippen LogP contribution in [0.1, 0.15) is 25.7 Å². The molecule has 1 aromatic carbocycles. The average Bonchev–Trinajstić information content (AvgIpc) is 3.22. The second-order valence-electron chi connectivity index (χ2n) is 7.34. The zero-order valence-electron chi connectivity index (χ0n) is 15.6. The maximum Gasteiger partial charge on any atom is 0.227 e. The number of amides is 1. The van der Waals surface area contributed by atoms with E-state index in [1.807, 2.05) is 6.07 Å². The lowest BCUT2D eigenvalue weighted by molar-refractivity contribution is -0.120. The maximum atomic E-state index is 13.3. The predicted octanol–water partition coefficient (Wildman–Crippen LogP) is 3.21. The van der Waals surface area contributed by atoms with Gasteiger partial charge in [-0.25, -0.2) is 18.7 Å². The molecule has 2 aliphatic rings. The molecule has 3 heterocycles. The third-order valence-electron chi connectivity index (χ3n) is 5.39. The lowest BCUT2D eigenvalue weighted by atomic mass is 9.96. The summed E-state index contributed by atoms with van der Waals surface area (Å²) >= 11 is 0. The van der Waals surface area contributed by atoms with Gasteiger partial charge in [-0.15, -0.1) is 0 Å². The second kappa shape index (κ2) is 8.08. The van der Waals surface area contributed by atoms with Crippen LogP contribution < -0.4 is 15.1 Å². The fourth-order valence-electron chi connectivity index (χ4n) is 3.87. The quantitative estimate of drug-likeness (QED) is 0.873. The van der Waals surface area contributed by atoms with E-state index in [0.717, 1.165) is 42.9 Å². The van der Waals surface area contributed by atoms with E-state index < -0.39 is 11.6 Å². The minimum atomic E-state index is -0.706. The summed E-state index contributed by atoms with van der Waals surface area (Å²) < 4.78 is 26.6. The van der Waals surface area contributed by atoms with Crippen molar-refractivity contribution in [3.63, 3.8) is 0 Å². The molecule has 0 radical (unpaired) electrons. The minimum Gasteiger partial charge on any atom is -0.356 e. The highest BCUT2D eigenvalue weighted by molar-refractivity contribution is 5.92. The van der Waals surface area contributed by atoms with E-state index in [-0.39, 0.29) is 17.5 Å². The third kappa shape index (κ3) is 4.21. The van der Waals surface area contributed by atoms with Crippen LogP contribution in [-0.4, -0.2) is 42.1 Å². The number of benzene rings is 1. The molecule has 2 fully saturated rings. The van der Waals surface area contributed by atoms with Crippen molar-refractivity contribution in [2.24, 2.45) is 5.92 Å². The van der Waals surface area contributed by atoms with Crippen LogP contribution in [0.2, 0.25) is 0 Å². The van der Waals surface area contributed by atoms with Gasteiger partial charge in [-0.1, -0.05) is 0 Å². The molecule has 8 heteroatoms. The number of hydrogen-bond acceptors (Lipinski definition) is 5. The highest BCUT2D eigenvalue weighted by atomic mass is 19.1. The first kappa shape index (κ1) is 18.6. The van der Waals surface area contributed by atoms with E-state index in [1.165, 1.54) is 12.8 Å². The largest absolute Gasteiger partial charge is 0.356 e. The van der Waals surface area contributed by atoms with Crippen molar-refractivity contribution in [3.05, 3.63) is 42.2 Å². The first-order valence-corrected chi connectivity index (χ1v) is 9.67.